The summed E-state index contributed by atoms with van der Waals surface area (Å²) in [6.45, 7) is 0.973. The Morgan fingerprint density at radius 2 is 1.38 bits per heavy atom. The monoisotopic (exact) mass is 361 g/mol. The number of hydrogen-bond acceptors (Lipinski definition) is 3. The number of piperidine rings is 1. The number of carboxylic acids is 2. The molecule has 3 rings (SSSR count). The maximum Gasteiger partial charge on any atom is 0.308 e. The van der Waals surface area contributed by atoms with E-state index >= 15 is 0 Å². The number of carboxylic acid groups (broad SMARTS) is 2. The van der Waals surface area contributed by atoms with Gasteiger partial charge in [0.15, 0.2) is 0 Å². The van der Waals surface area contributed by atoms with Crippen LogP contribution in [0.2, 0.25) is 0 Å². The molecule has 1 aromatic carbocycles. The Kier molecular flexibility index (Phi) is 7.63. The van der Waals surface area contributed by atoms with E-state index in [1.54, 1.807) is 17.0 Å². The molecule has 2 aliphatic rings. The number of benzene rings is 1. The normalized spacial score (nSPS) is 20.6. The van der Waals surface area contributed by atoms with E-state index < -0.39 is 17.9 Å². The zero-order valence-corrected chi connectivity index (χ0v) is 15.0. The molecule has 1 aliphatic carbocycles. The number of nitrogens with zero attached hydrogens (tertiary/aromatic N) is 1. The van der Waals surface area contributed by atoms with E-state index in [9.17, 15) is 14.4 Å². The molecular formula is C20H27NO5. The summed E-state index contributed by atoms with van der Waals surface area (Å²) in [5.41, 5.74) is 0.624. The average Bonchev–Trinajstić information content (AvgIpc) is 2.69. The maximum absolute atomic E-state index is 12.1. The molecule has 1 saturated carbocycles. The highest BCUT2D eigenvalue weighted by Crippen LogP contribution is 2.23. The second kappa shape index (κ2) is 9.94. The van der Waals surface area contributed by atoms with Crippen molar-refractivity contribution in [2.24, 2.45) is 11.8 Å². The molecular weight excluding hydrogens is 334 g/mol. The van der Waals surface area contributed by atoms with Crippen molar-refractivity contribution in [2.45, 2.75) is 44.9 Å². The fourth-order valence-corrected chi connectivity index (χ4v) is 3.48. The van der Waals surface area contributed by atoms with Crippen molar-refractivity contribution in [2.75, 3.05) is 13.1 Å². The van der Waals surface area contributed by atoms with Crippen LogP contribution in [-0.2, 0) is 9.59 Å². The van der Waals surface area contributed by atoms with Crippen molar-refractivity contribution in [3.8, 4) is 0 Å². The second-order valence-corrected chi connectivity index (χ2v) is 6.97. The number of hydrogen-bond donors (Lipinski definition) is 2. The van der Waals surface area contributed by atoms with Crippen LogP contribution in [0.3, 0.4) is 0 Å². The minimum atomic E-state index is -0.810. The van der Waals surface area contributed by atoms with E-state index in [1.807, 2.05) is 18.2 Å². The van der Waals surface area contributed by atoms with Crippen LogP contribution in [0.15, 0.2) is 30.3 Å². The predicted octanol–water partition coefficient (Wildman–Crippen LogP) is 3.27. The van der Waals surface area contributed by atoms with Crippen molar-refractivity contribution in [3.63, 3.8) is 0 Å². The Labute approximate surface area is 153 Å². The number of aliphatic carboxylic acids is 2. The third-order valence-corrected chi connectivity index (χ3v) is 5.03. The average molecular weight is 361 g/mol. The lowest BCUT2D eigenvalue weighted by Gasteiger charge is -2.30. The summed E-state index contributed by atoms with van der Waals surface area (Å²) in [6.07, 6.45) is 6.66. The van der Waals surface area contributed by atoms with Crippen molar-refractivity contribution in [1.29, 1.82) is 0 Å². The smallest absolute Gasteiger partial charge is 0.308 e. The summed E-state index contributed by atoms with van der Waals surface area (Å²) in [5, 5.41) is 17.5. The number of carbonyl (C=O) groups excluding carboxylic acids is 1. The lowest BCUT2D eigenvalue weighted by molar-refractivity contribution is -0.144. The minimum absolute atomic E-state index is 0.0289. The van der Waals surface area contributed by atoms with Crippen molar-refractivity contribution < 1.29 is 24.6 Å². The molecule has 1 amide bonds. The first-order valence-corrected chi connectivity index (χ1v) is 9.29. The summed E-state index contributed by atoms with van der Waals surface area (Å²) in [7, 11) is 0. The molecule has 1 heterocycles. The quantitative estimate of drug-likeness (QED) is 0.861. The largest absolute Gasteiger partial charge is 0.481 e. The fourth-order valence-electron chi connectivity index (χ4n) is 3.48. The molecule has 2 N–H and O–H groups in total. The molecule has 6 heteroatoms. The van der Waals surface area contributed by atoms with Crippen LogP contribution in [0, 0.1) is 11.8 Å². The molecule has 1 aliphatic heterocycles. The van der Waals surface area contributed by atoms with Gasteiger partial charge >= 0.3 is 11.9 Å². The Bertz CT molecular complexity index is 610. The predicted molar refractivity (Wildman–Crippen MR) is 96.9 cm³/mol. The number of likely N-dealkylation sites (tertiary alicyclic amines) is 1. The summed E-state index contributed by atoms with van der Waals surface area (Å²) >= 11 is 0. The first-order valence-electron chi connectivity index (χ1n) is 9.29. The van der Waals surface area contributed by atoms with Gasteiger partial charge in [-0.05, 0) is 37.8 Å². The molecule has 0 bridgehead atoms. The molecule has 6 nitrogen and oxygen atoms in total. The van der Waals surface area contributed by atoms with Gasteiger partial charge in [-0.2, -0.15) is 0 Å². The summed E-state index contributed by atoms with van der Waals surface area (Å²) < 4.78 is 0. The SMILES string of the molecule is O=C(O)C1CCCCC1.O=C(O)C1CCCN(C(=O)c2ccccc2)C1. The van der Waals surface area contributed by atoms with Gasteiger partial charge in [-0.3, -0.25) is 14.4 Å². The van der Waals surface area contributed by atoms with Crippen LogP contribution in [0.4, 0.5) is 0 Å². The van der Waals surface area contributed by atoms with Gasteiger partial charge in [0.1, 0.15) is 0 Å². The number of carbonyl (C=O) groups is 3. The van der Waals surface area contributed by atoms with E-state index in [0.29, 0.717) is 25.1 Å². The highest BCUT2D eigenvalue weighted by molar-refractivity contribution is 5.94. The third kappa shape index (κ3) is 5.86. The molecule has 142 valence electrons. The first-order chi connectivity index (χ1) is 12.5. The van der Waals surface area contributed by atoms with Gasteiger partial charge < -0.3 is 15.1 Å². The Morgan fingerprint density at radius 3 is 1.92 bits per heavy atom. The molecule has 26 heavy (non-hydrogen) atoms. The lowest BCUT2D eigenvalue weighted by atomic mass is 9.90. The van der Waals surface area contributed by atoms with Crippen molar-refractivity contribution in [3.05, 3.63) is 35.9 Å². The number of amides is 1. The van der Waals surface area contributed by atoms with Gasteiger partial charge in [0.2, 0.25) is 0 Å². The summed E-state index contributed by atoms with van der Waals surface area (Å²) in [5.74, 6) is -1.93. The van der Waals surface area contributed by atoms with Crippen LogP contribution < -0.4 is 0 Å². The van der Waals surface area contributed by atoms with Gasteiger partial charge in [-0.25, -0.2) is 0 Å². The van der Waals surface area contributed by atoms with E-state index in [2.05, 4.69) is 0 Å². The van der Waals surface area contributed by atoms with Gasteiger partial charge in [0.05, 0.1) is 11.8 Å². The fraction of sp³-hybridized carbons (Fsp3) is 0.550. The van der Waals surface area contributed by atoms with E-state index in [-0.39, 0.29) is 11.8 Å². The van der Waals surface area contributed by atoms with Crippen LogP contribution in [0.25, 0.3) is 0 Å². The highest BCUT2D eigenvalue weighted by atomic mass is 16.4. The van der Waals surface area contributed by atoms with E-state index in [0.717, 1.165) is 32.1 Å². The van der Waals surface area contributed by atoms with E-state index in [4.69, 9.17) is 10.2 Å². The summed E-state index contributed by atoms with van der Waals surface area (Å²) in [4.78, 5) is 35.0. The van der Waals surface area contributed by atoms with Gasteiger partial charge in [0.25, 0.3) is 5.91 Å². The highest BCUT2D eigenvalue weighted by Gasteiger charge is 2.28. The van der Waals surface area contributed by atoms with Crippen molar-refractivity contribution in [1.82, 2.24) is 4.90 Å². The molecule has 2 fully saturated rings. The Hall–Kier alpha value is -2.37. The lowest BCUT2D eigenvalue weighted by Crippen LogP contribution is -2.42. The topological polar surface area (TPSA) is 94.9 Å². The van der Waals surface area contributed by atoms with Crippen LogP contribution in [0.1, 0.15) is 55.3 Å². The summed E-state index contributed by atoms with van der Waals surface area (Å²) in [6, 6.07) is 8.99. The standard InChI is InChI=1S/C13H15NO3.C7H12O2/c15-12(10-5-2-1-3-6-10)14-8-4-7-11(9-14)13(16)17;8-7(9)6-4-2-1-3-5-6/h1-3,5-6,11H,4,7-9H2,(H,16,17);6H,1-5H2,(H,8,9). The Morgan fingerprint density at radius 1 is 0.808 bits per heavy atom. The third-order valence-electron chi connectivity index (χ3n) is 5.03. The molecule has 1 saturated heterocycles. The minimum Gasteiger partial charge on any atom is -0.481 e. The molecule has 0 spiro atoms. The number of rotatable bonds is 3. The molecule has 1 unspecified atom stereocenters. The molecule has 0 aromatic heterocycles. The second-order valence-electron chi connectivity index (χ2n) is 6.97. The van der Waals surface area contributed by atoms with Crippen LogP contribution >= 0.6 is 0 Å². The molecule has 1 atom stereocenters. The maximum atomic E-state index is 12.1. The zero-order chi connectivity index (χ0) is 18.9. The first kappa shape index (κ1) is 19.9. The van der Waals surface area contributed by atoms with Gasteiger partial charge in [0, 0.05) is 18.7 Å². The van der Waals surface area contributed by atoms with Gasteiger partial charge in [-0.1, -0.05) is 37.5 Å². The van der Waals surface area contributed by atoms with Gasteiger partial charge in [-0.15, -0.1) is 0 Å². The van der Waals surface area contributed by atoms with Crippen LogP contribution in [0.5, 0.6) is 0 Å². The molecule has 0 radical (unpaired) electrons. The van der Waals surface area contributed by atoms with E-state index in [1.165, 1.54) is 6.42 Å². The zero-order valence-electron chi connectivity index (χ0n) is 15.0. The van der Waals surface area contributed by atoms with Crippen LogP contribution in [-0.4, -0.2) is 46.0 Å². The van der Waals surface area contributed by atoms with Crippen molar-refractivity contribution >= 4 is 17.8 Å². The molecule has 1 aromatic rings. The Balaban J connectivity index is 0.000000228.